The Kier molecular flexibility index (Phi) is 13.6. The molecule has 0 N–H and O–H groups in total. The van der Waals surface area contributed by atoms with Gasteiger partial charge < -0.3 is 4.74 Å². The molecule has 0 aliphatic heterocycles. The van der Waals surface area contributed by atoms with Crippen LogP contribution in [0.1, 0.15) is 141 Å². The maximum atomic E-state index is 6.39. The van der Waals surface area contributed by atoms with Crippen LogP contribution < -0.4 is 0 Å². The van der Waals surface area contributed by atoms with E-state index >= 15 is 0 Å². The van der Waals surface area contributed by atoms with Crippen molar-refractivity contribution in [2.24, 2.45) is 11.8 Å². The summed E-state index contributed by atoms with van der Waals surface area (Å²) in [5, 5.41) is 0. The van der Waals surface area contributed by atoms with Gasteiger partial charge in [-0.25, -0.2) is 0 Å². The Bertz CT molecular complexity index is 374. The zero-order valence-electron chi connectivity index (χ0n) is 19.5. The summed E-state index contributed by atoms with van der Waals surface area (Å²) in [5.74, 6) is 3.13. The van der Waals surface area contributed by atoms with E-state index < -0.39 is 0 Å². The van der Waals surface area contributed by atoms with Crippen molar-refractivity contribution in [3.63, 3.8) is 0 Å². The minimum absolute atomic E-state index is 0.539. The van der Waals surface area contributed by atoms with Crippen molar-refractivity contribution in [2.75, 3.05) is 0 Å². The summed E-state index contributed by atoms with van der Waals surface area (Å²) in [7, 11) is 0. The first-order valence-electron chi connectivity index (χ1n) is 13.3. The van der Waals surface area contributed by atoms with Gasteiger partial charge in [0.25, 0.3) is 0 Å². The van der Waals surface area contributed by atoms with Crippen LogP contribution in [0.2, 0.25) is 0 Å². The molecular formula is C28H50O. The highest BCUT2D eigenvalue weighted by Gasteiger charge is 2.20. The summed E-state index contributed by atoms with van der Waals surface area (Å²) in [6.07, 6.45) is 30.2. The van der Waals surface area contributed by atoms with Crippen LogP contribution >= 0.6 is 0 Å². The molecule has 0 aromatic carbocycles. The van der Waals surface area contributed by atoms with Crippen molar-refractivity contribution in [3.8, 4) is 0 Å². The average molecular weight is 403 g/mol. The second-order valence-corrected chi connectivity index (χ2v) is 9.95. The fourth-order valence-electron chi connectivity index (χ4n) is 5.31. The predicted molar refractivity (Wildman–Crippen MR) is 128 cm³/mol. The Morgan fingerprint density at radius 1 is 0.379 bits per heavy atom. The molecule has 2 fully saturated rings. The molecule has 0 spiro atoms. The molecule has 2 rings (SSSR count). The van der Waals surface area contributed by atoms with Gasteiger partial charge in [0.1, 0.15) is 0 Å². The molecule has 0 unspecified atom stereocenters. The third-order valence-electron chi connectivity index (χ3n) is 7.38. The Labute approximate surface area is 182 Å². The summed E-state index contributed by atoms with van der Waals surface area (Å²) in [6, 6.07) is 0. The molecule has 168 valence electrons. The molecule has 0 atom stereocenters. The van der Waals surface area contributed by atoms with Gasteiger partial charge in [-0.15, -0.1) is 0 Å². The minimum Gasteiger partial charge on any atom is -0.467 e. The second kappa shape index (κ2) is 16.0. The van der Waals surface area contributed by atoms with Gasteiger partial charge in [0.2, 0.25) is 0 Å². The third-order valence-corrected chi connectivity index (χ3v) is 7.38. The summed E-state index contributed by atoms with van der Waals surface area (Å²) in [5.41, 5.74) is 0. The lowest BCUT2D eigenvalue weighted by Crippen LogP contribution is -2.12. The van der Waals surface area contributed by atoms with Gasteiger partial charge in [0.05, 0.1) is 11.5 Å². The molecule has 29 heavy (non-hydrogen) atoms. The lowest BCUT2D eigenvalue weighted by molar-refractivity contribution is 0.195. The van der Waals surface area contributed by atoms with Gasteiger partial charge in [-0.3, -0.25) is 0 Å². The molecule has 1 heteroatoms. The third kappa shape index (κ3) is 11.3. The van der Waals surface area contributed by atoms with Crippen LogP contribution in [0.4, 0.5) is 0 Å². The highest BCUT2D eigenvalue weighted by Crippen LogP contribution is 2.32. The van der Waals surface area contributed by atoms with E-state index in [1.54, 1.807) is 0 Å². The van der Waals surface area contributed by atoms with E-state index in [0.717, 1.165) is 11.5 Å². The molecule has 0 radical (unpaired) electrons. The zero-order valence-corrected chi connectivity index (χ0v) is 19.5. The maximum absolute atomic E-state index is 6.39. The molecule has 0 aromatic heterocycles. The SMILES string of the molecule is C=C(OC(=C)C1CCCCCCCCCCC1)C1CCCCCCCCCCC1. The molecule has 2 aliphatic carbocycles. The molecule has 2 saturated carbocycles. The van der Waals surface area contributed by atoms with Crippen molar-refractivity contribution in [1.29, 1.82) is 0 Å². The molecule has 0 aromatic rings. The van der Waals surface area contributed by atoms with E-state index in [4.69, 9.17) is 4.74 Å². The minimum atomic E-state index is 0.539. The highest BCUT2D eigenvalue weighted by molar-refractivity contribution is 5.01. The van der Waals surface area contributed by atoms with Crippen LogP contribution in [0.5, 0.6) is 0 Å². The van der Waals surface area contributed by atoms with E-state index in [9.17, 15) is 0 Å². The smallest absolute Gasteiger partial charge is 0.0995 e. The first-order valence-corrected chi connectivity index (χ1v) is 13.3. The molecule has 0 bridgehead atoms. The fraction of sp³-hybridized carbons (Fsp3) is 0.857. The van der Waals surface area contributed by atoms with Crippen molar-refractivity contribution in [3.05, 3.63) is 24.7 Å². The van der Waals surface area contributed by atoms with Gasteiger partial charge in [-0.2, -0.15) is 0 Å². The van der Waals surface area contributed by atoms with Crippen molar-refractivity contribution < 1.29 is 4.74 Å². The topological polar surface area (TPSA) is 9.23 Å². The number of ether oxygens (including phenoxy) is 1. The van der Waals surface area contributed by atoms with Crippen LogP contribution in [0.3, 0.4) is 0 Å². The van der Waals surface area contributed by atoms with Gasteiger partial charge >= 0.3 is 0 Å². The van der Waals surface area contributed by atoms with E-state index in [2.05, 4.69) is 13.2 Å². The summed E-state index contributed by atoms with van der Waals surface area (Å²) in [4.78, 5) is 0. The zero-order chi connectivity index (χ0) is 20.6. The summed E-state index contributed by atoms with van der Waals surface area (Å²) < 4.78 is 6.39. The largest absolute Gasteiger partial charge is 0.467 e. The summed E-state index contributed by atoms with van der Waals surface area (Å²) >= 11 is 0. The van der Waals surface area contributed by atoms with Crippen LogP contribution in [0.15, 0.2) is 24.7 Å². The molecule has 2 aliphatic rings. The maximum Gasteiger partial charge on any atom is 0.0995 e. The highest BCUT2D eigenvalue weighted by atomic mass is 16.5. The monoisotopic (exact) mass is 402 g/mol. The van der Waals surface area contributed by atoms with Crippen molar-refractivity contribution in [1.82, 2.24) is 0 Å². The van der Waals surface area contributed by atoms with Crippen molar-refractivity contribution >= 4 is 0 Å². The normalized spacial score (nSPS) is 23.6. The first-order chi connectivity index (χ1) is 14.3. The Hall–Kier alpha value is -0.720. The van der Waals surface area contributed by atoms with Gasteiger partial charge in [-0.1, -0.05) is 129 Å². The Morgan fingerprint density at radius 2 is 0.586 bits per heavy atom. The number of allylic oxidation sites excluding steroid dienone is 2. The van der Waals surface area contributed by atoms with Crippen molar-refractivity contribution in [2.45, 2.75) is 141 Å². The number of rotatable bonds is 4. The number of hydrogen-bond donors (Lipinski definition) is 0. The van der Waals surface area contributed by atoms with Crippen LogP contribution in [0.25, 0.3) is 0 Å². The standard InChI is InChI=1S/C28H50O/c1-25(27-21-17-13-9-5-3-6-10-14-18-22-27)29-26(2)28-23-19-15-11-7-4-8-12-16-20-24-28/h27-28H,1-24H2. The van der Waals surface area contributed by atoms with Crippen LogP contribution in [0, 0.1) is 11.8 Å². The number of hydrogen-bond acceptors (Lipinski definition) is 1. The van der Waals surface area contributed by atoms with Gasteiger partial charge in [0.15, 0.2) is 0 Å². The molecule has 0 saturated heterocycles. The van der Waals surface area contributed by atoms with Gasteiger partial charge in [-0.05, 0) is 25.7 Å². The van der Waals surface area contributed by atoms with Crippen LogP contribution in [-0.2, 0) is 4.74 Å². The summed E-state index contributed by atoms with van der Waals surface area (Å²) in [6.45, 7) is 8.80. The van der Waals surface area contributed by atoms with E-state index in [-0.39, 0.29) is 0 Å². The van der Waals surface area contributed by atoms with E-state index in [1.807, 2.05) is 0 Å². The first kappa shape index (κ1) is 24.5. The van der Waals surface area contributed by atoms with Crippen LogP contribution in [-0.4, -0.2) is 0 Å². The second-order valence-electron chi connectivity index (χ2n) is 9.95. The molecule has 1 nitrogen and oxygen atoms in total. The van der Waals surface area contributed by atoms with E-state index in [0.29, 0.717) is 11.8 Å². The quantitative estimate of drug-likeness (QED) is 0.425. The van der Waals surface area contributed by atoms with Gasteiger partial charge in [0, 0.05) is 11.8 Å². The molecular weight excluding hydrogens is 352 g/mol. The fourth-order valence-corrected chi connectivity index (χ4v) is 5.31. The lowest BCUT2D eigenvalue weighted by atomic mass is 9.90. The van der Waals surface area contributed by atoms with E-state index in [1.165, 1.54) is 141 Å². The Balaban J connectivity index is 1.82. The lowest BCUT2D eigenvalue weighted by Gasteiger charge is -2.25. The molecule has 0 amide bonds. The predicted octanol–water partition coefficient (Wildman–Crippen LogP) is 9.87. The Morgan fingerprint density at radius 3 is 0.828 bits per heavy atom. The average Bonchev–Trinajstić information content (AvgIpc) is 2.68. The molecule has 0 heterocycles.